The fraction of sp³-hybridized carbons (Fsp3) is 0.650. The second kappa shape index (κ2) is 5.07. The van der Waals surface area contributed by atoms with Crippen LogP contribution in [0.1, 0.15) is 56.6 Å². The van der Waals surface area contributed by atoms with Crippen molar-refractivity contribution >= 4 is 5.78 Å². The maximum absolute atomic E-state index is 12.6. The van der Waals surface area contributed by atoms with Crippen molar-refractivity contribution in [2.24, 2.45) is 23.2 Å². The zero-order valence-corrected chi connectivity index (χ0v) is 14.0. The van der Waals surface area contributed by atoms with Crippen molar-refractivity contribution in [3.63, 3.8) is 0 Å². The van der Waals surface area contributed by atoms with Crippen molar-refractivity contribution in [1.29, 1.82) is 0 Å². The van der Waals surface area contributed by atoms with Crippen LogP contribution in [0.5, 0.6) is 5.75 Å². The van der Waals surface area contributed by atoms with Gasteiger partial charge in [-0.05, 0) is 72.6 Å². The van der Waals surface area contributed by atoms with Crippen molar-refractivity contribution in [1.82, 2.24) is 0 Å². The summed E-state index contributed by atoms with van der Waals surface area (Å²) < 4.78 is 0. The second-order valence-corrected chi connectivity index (χ2v) is 8.12. The first-order valence-electron chi connectivity index (χ1n) is 9.00. The van der Waals surface area contributed by atoms with E-state index in [1.54, 1.807) is 6.07 Å². The topological polar surface area (TPSA) is 57.5 Å². The van der Waals surface area contributed by atoms with Gasteiger partial charge in [-0.1, -0.05) is 26.3 Å². The van der Waals surface area contributed by atoms with E-state index in [0.717, 1.165) is 25.7 Å². The van der Waals surface area contributed by atoms with Gasteiger partial charge in [-0.2, -0.15) is 0 Å². The van der Waals surface area contributed by atoms with Gasteiger partial charge in [0.1, 0.15) is 11.9 Å². The van der Waals surface area contributed by atoms with Crippen LogP contribution in [0.25, 0.3) is 0 Å². The SMILES string of the molecule is CC[C@H]1C[C@]2(C)C(=O)[C@H](O)C[C@H]2[C@@H]2CCc3cc(O)ccc3[C@@H]12. The van der Waals surface area contributed by atoms with Crippen molar-refractivity contribution < 1.29 is 15.0 Å². The molecule has 0 saturated heterocycles. The van der Waals surface area contributed by atoms with Gasteiger partial charge in [-0.25, -0.2) is 0 Å². The summed E-state index contributed by atoms with van der Waals surface area (Å²) in [5.41, 5.74) is 2.32. The normalized spacial score (nSPS) is 42.0. The van der Waals surface area contributed by atoms with Crippen LogP contribution in [0, 0.1) is 23.2 Å². The number of Topliss-reactive ketones (excluding diaryl/α,β-unsaturated/α-hetero) is 1. The van der Waals surface area contributed by atoms with Crippen LogP contribution in [0.15, 0.2) is 18.2 Å². The molecular weight excluding hydrogens is 288 g/mol. The van der Waals surface area contributed by atoms with Gasteiger partial charge in [0, 0.05) is 5.41 Å². The predicted octanol–water partition coefficient (Wildman–Crippen LogP) is 3.42. The van der Waals surface area contributed by atoms with E-state index in [1.807, 2.05) is 6.07 Å². The molecule has 0 unspecified atom stereocenters. The van der Waals surface area contributed by atoms with Crippen molar-refractivity contribution in [2.75, 3.05) is 0 Å². The summed E-state index contributed by atoms with van der Waals surface area (Å²) in [5.74, 6) is 2.18. The smallest absolute Gasteiger partial charge is 0.167 e. The minimum Gasteiger partial charge on any atom is -0.508 e. The van der Waals surface area contributed by atoms with Crippen molar-refractivity contribution in [2.45, 2.75) is 58.0 Å². The number of benzene rings is 1. The zero-order valence-electron chi connectivity index (χ0n) is 14.0. The Labute approximate surface area is 137 Å². The number of carbonyl (C=O) groups excluding carboxylic acids is 1. The molecule has 0 amide bonds. The van der Waals surface area contributed by atoms with E-state index in [1.165, 1.54) is 11.1 Å². The van der Waals surface area contributed by atoms with Crippen LogP contribution >= 0.6 is 0 Å². The minimum absolute atomic E-state index is 0.0795. The monoisotopic (exact) mass is 314 g/mol. The highest BCUT2D eigenvalue weighted by molar-refractivity contribution is 5.91. The molecule has 2 saturated carbocycles. The average Bonchev–Trinajstić information content (AvgIpc) is 2.77. The highest BCUT2D eigenvalue weighted by atomic mass is 16.3. The molecule has 3 nitrogen and oxygen atoms in total. The van der Waals surface area contributed by atoms with Gasteiger partial charge in [-0.3, -0.25) is 4.79 Å². The first-order chi connectivity index (χ1) is 11.0. The molecule has 2 fully saturated rings. The third-order valence-corrected chi connectivity index (χ3v) is 7.09. The van der Waals surface area contributed by atoms with Gasteiger partial charge in [0.15, 0.2) is 5.78 Å². The fourth-order valence-corrected chi connectivity index (χ4v) is 6.06. The second-order valence-electron chi connectivity index (χ2n) is 8.12. The number of fused-ring (bicyclic) bond motifs is 5. The molecule has 1 aromatic carbocycles. The largest absolute Gasteiger partial charge is 0.508 e. The molecule has 4 rings (SSSR count). The molecule has 3 heteroatoms. The Balaban J connectivity index is 1.79. The van der Waals surface area contributed by atoms with Crippen molar-refractivity contribution in [3.05, 3.63) is 29.3 Å². The molecule has 3 aliphatic rings. The fourth-order valence-electron chi connectivity index (χ4n) is 6.06. The van der Waals surface area contributed by atoms with Gasteiger partial charge in [0.05, 0.1) is 0 Å². The summed E-state index contributed by atoms with van der Waals surface area (Å²) in [7, 11) is 0. The number of hydrogen-bond acceptors (Lipinski definition) is 3. The number of rotatable bonds is 1. The third kappa shape index (κ3) is 2.02. The van der Waals surface area contributed by atoms with Crippen LogP contribution in [0.4, 0.5) is 0 Å². The summed E-state index contributed by atoms with van der Waals surface area (Å²) in [4.78, 5) is 12.6. The Morgan fingerprint density at radius 1 is 1.35 bits per heavy atom. The molecule has 2 N–H and O–H groups in total. The maximum atomic E-state index is 12.6. The minimum atomic E-state index is -0.762. The summed E-state index contributed by atoms with van der Waals surface area (Å²) in [6, 6.07) is 5.82. The van der Waals surface area contributed by atoms with E-state index in [0.29, 0.717) is 35.8 Å². The first kappa shape index (κ1) is 15.2. The Hall–Kier alpha value is -1.35. The van der Waals surface area contributed by atoms with E-state index in [-0.39, 0.29) is 11.2 Å². The van der Waals surface area contributed by atoms with Gasteiger partial charge in [0.25, 0.3) is 0 Å². The molecule has 3 aliphatic carbocycles. The lowest BCUT2D eigenvalue weighted by Gasteiger charge is -2.52. The van der Waals surface area contributed by atoms with Gasteiger partial charge in [0.2, 0.25) is 0 Å². The molecule has 0 bridgehead atoms. The zero-order chi connectivity index (χ0) is 16.4. The van der Waals surface area contributed by atoms with Crippen molar-refractivity contribution in [3.8, 4) is 5.75 Å². The number of phenolic OH excluding ortho intramolecular Hbond substituents is 1. The Bertz CT molecular complexity index is 652. The number of aromatic hydroxyl groups is 1. The molecule has 0 aliphatic heterocycles. The van der Waals surface area contributed by atoms with Gasteiger partial charge >= 0.3 is 0 Å². The van der Waals surface area contributed by atoms with Crippen LogP contribution in [-0.2, 0) is 11.2 Å². The Morgan fingerprint density at radius 3 is 2.87 bits per heavy atom. The maximum Gasteiger partial charge on any atom is 0.167 e. The van der Waals surface area contributed by atoms with E-state index >= 15 is 0 Å². The number of aliphatic hydroxyl groups excluding tert-OH is 1. The summed E-state index contributed by atoms with van der Waals surface area (Å²) in [5, 5.41) is 20.0. The van der Waals surface area contributed by atoms with Crippen LogP contribution in [0.3, 0.4) is 0 Å². The van der Waals surface area contributed by atoms with E-state index < -0.39 is 6.10 Å². The van der Waals surface area contributed by atoms with Gasteiger partial charge in [-0.15, -0.1) is 0 Å². The number of hydrogen-bond donors (Lipinski definition) is 2. The number of carbonyl (C=O) groups is 1. The lowest BCUT2D eigenvalue weighted by atomic mass is 9.51. The summed E-state index contributed by atoms with van der Waals surface area (Å²) in [6.45, 7) is 4.32. The highest BCUT2D eigenvalue weighted by Crippen LogP contribution is 2.62. The van der Waals surface area contributed by atoms with Crippen LogP contribution in [0.2, 0.25) is 0 Å². The Kier molecular flexibility index (Phi) is 3.35. The molecule has 0 spiro atoms. The van der Waals surface area contributed by atoms with Crippen LogP contribution in [-0.4, -0.2) is 22.1 Å². The third-order valence-electron chi connectivity index (χ3n) is 7.09. The van der Waals surface area contributed by atoms with Gasteiger partial charge < -0.3 is 10.2 Å². The summed E-state index contributed by atoms with van der Waals surface area (Å²) >= 11 is 0. The lowest BCUT2D eigenvalue weighted by molar-refractivity contribution is -0.136. The highest BCUT2D eigenvalue weighted by Gasteiger charge is 2.60. The van der Waals surface area contributed by atoms with E-state index in [9.17, 15) is 15.0 Å². The lowest BCUT2D eigenvalue weighted by Crippen LogP contribution is -2.46. The number of aryl methyl sites for hydroxylation is 1. The quantitative estimate of drug-likeness (QED) is 0.835. The molecule has 0 aromatic heterocycles. The summed E-state index contributed by atoms with van der Waals surface area (Å²) in [6.07, 6.45) is 3.87. The predicted molar refractivity (Wildman–Crippen MR) is 88.3 cm³/mol. The average molecular weight is 314 g/mol. The van der Waals surface area contributed by atoms with E-state index in [2.05, 4.69) is 19.9 Å². The first-order valence-corrected chi connectivity index (χ1v) is 9.00. The molecule has 124 valence electrons. The number of phenols is 1. The Morgan fingerprint density at radius 2 is 2.13 bits per heavy atom. The molecule has 23 heavy (non-hydrogen) atoms. The number of ketones is 1. The number of aliphatic hydroxyl groups is 1. The molecule has 0 heterocycles. The van der Waals surface area contributed by atoms with Crippen LogP contribution < -0.4 is 0 Å². The molecule has 0 radical (unpaired) electrons. The molecule has 1 aromatic rings. The molecular formula is C20H26O3. The molecule has 6 atom stereocenters. The van der Waals surface area contributed by atoms with E-state index in [4.69, 9.17) is 0 Å². The standard InChI is InChI=1S/C20H26O3/c1-3-11-10-20(2)16(9-17(22)19(20)23)15-6-4-12-8-13(21)5-7-14(12)18(11)15/h5,7-8,11,15-18,21-22H,3-4,6,9-10H2,1-2H3/t11-,15-,16-,17+,18+,20-/m0/s1.